The van der Waals surface area contributed by atoms with Crippen molar-refractivity contribution >= 4 is 39.1 Å². The van der Waals surface area contributed by atoms with Gasteiger partial charge in [0.15, 0.2) is 5.82 Å². The first-order valence-electron chi connectivity index (χ1n) is 15.6. The van der Waals surface area contributed by atoms with Crippen molar-refractivity contribution in [2.24, 2.45) is 5.84 Å². The smallest absolute Gasteiger partial charge is 0.417 e. The molecule has 0 spiro atoms. The van der Waals surface area contributed by atoms with E-state index in [9.17, 15) is 22.4 Å². The van der Waals surface area contributed by atoms with Crippen molar-refractivity contribution in [2.45, 2.75) is 51.4 Å². The molecule has 0 radical (unpaired) electrons. The van der Waals surface area contributed by atoms with Crippen molar-refractivity contribution in [1.29, 1.82) is 0 Å². The summed E-state index contributed by atoms with van der Waals surface area (Å²) in [5.74, 6) is 4.15. The van der Waals surface area contributed by atoms with Crippen LogP contribution in [0.3, 0.4) is 0 Å². The zero-order chi connectivity index (χ0) is 34.9. The summed E-state index contributed by atoms with van der Waals surface area (Å²) in [6.45, 7) is 9.18. The number of benzene rings is 2. The van der Waals surface area contributed by atoms with Gasteiger partial charge < -0.3 is 25.3 Å². The fourth-order valence-electron chi connectivity index (χ4n) is 6.35. The number of halogens is 5. The molecule has 1 aliphatic rings. The second-order valence-electron chi connectivity index (χ2n) is 12.0. The first-order valence-corrected chi connectivity index (χ1v) is 15.6. The van der Waals surface area contributed by atoms with E-state index in [1.807, 2.05) is 18.9 Å². The Balaban J connectivity index is 1.74. The molecule has 1 fully saturated rings. The molecule has 0 saturated carbocycles. The molecule has 2 aromatic heterocycles. The zero-order valence-corrected chi connectivity index (χ0v) is 27.0. The van der Waals surface area contributed by atoms with Crippen LogP contribution in [-0.4, -0.2) is 71.0 Å². The van der Waals surface area contributed by atoms with E-state index in [0.717, 1.165) is 31.2 Å². The Morgan fingerprint density at radius 2 is 1.90 bits per heavy atom. The number of likely N-dealkylation sites (N-methyl/N-ethyl adjacent to an activating group) is 1. The first-order chi connectivity index (χ1) is 22.8. The van der Waals surface area contributed by atoms with E-state index in [1.54, 1.807) is 11.8 Å². The van der Waals surface area contributed by atoms with Crippen LogP contribution in [0.25, 0.3) is 32.9 Å². The predicted molar refractivity (Wildman–Crippen MR) is 176 cm³/mol. The molecule has 1 unspecified atom stereocenters. The zero-order valence-electron chi connectivity index (χ0n) is 27.0. The van der Waals surface area contributed by atoms with Crippen LogP contribution in [0.5, 0.6) is 5.88 Å². The van der Waals surface area contributed by atoms with Crippen molar-refractivity contribution in [3.8, 4) is 17.0 Å². The van der Waals surface area contributed by atoms with Crippen LogP contribution >= 0.6 is 0 Å². The fraction of sp³-hybridized carbons (Fsp3) is 0.382. The highest BCUT2D eigenvalue weighted by atomic mass is 19.4. The van der Waals surface area contributed by atoms with Gasteiger partial charge in [0.25, 0.3) is 0 Å². The molecular formula is C34H38F5N7O2. The number of hydrazine groups is 1. The Hall–Kier alpha value is -4.56. The van der Waals surface area contributed by atoms with Gasteiger partial charge in [-0.25, -0.2) is 19.6 Å². The SMILES string of the molecule is C=CC(=O)N1CCC(N(N)c2c(N)c(OC(C)CN(C)CCC)nc3c(F)c(-c4ccc(F)c5cccnc45)c(C(F)(F)F)cc23)CC1. The number of alkyl halides is 3. The number of nitrogen functional groups attached to an aromatic ring is 1. The van der Waals surface area contributed by atoms with Gasteiger partial charge in [-0.15, -0.1) is 0 Å². The van der Waals surface area contributed by atoms with E-state index in [4.69, 9.17) is 16.3 Å². The number of aromatic nitrogens is 2. The van der Waals surface area contributed by atoms with E-state index in [1.165, 1.54) is 29.4 Å². The molecule has 14 heteroatoms. The lowest BCUT2D eigenvalue weighted by Gasteiger charge is -2.38. The molecule has 1 amide bonds. The monoisotopic (exact) mass is 671 g/mol. The molecule has 3 heterocycles. The van der Waals surface area contributed by atoms with Gasteiger partial charge in [-0.1, -0.05) is 13.5 Å². The topological polar surface area (TPSA) is 114 Å². The second-order valence-corrected chi connectivity index (χ2v) is 12.0. The van der Waals surface area contributed by atoms with E-state index >= 15 is 4.39 Å². The molecule has 1 saturated heterocycles. The molecule has 5 rings (SSSR count). The number of ether oxygens (including phenoxy) is 1. The third-order valence-electron chi connectivity index (χ3n) is 8.58. The third kappa shape index (κ3) is 6.72. The lowest BCUT2D eigenvalue weighted by atomic mass is 9.93. The summed E-state index contributed by atoms with van der Waals surface area (Å²) in [6.07, 6.45) is -1.46. The van der Waals surface area contributed by atoms with Gasteiger partial charge in [-0.3, -0.25) is 9.78 Å². The van der Waals surface area contributed by atoms with E-state index in [-0.39, 0.29) is 45.0 Å². The molecule has 4 aromatic rings. The summed E-state index contributed by atoms with van der Waals surface area (Å²) in [5, 5.41) is 0.872. The quantitative estimate of drug-likeness (QED) is 0.0875. The first kappa shape index (κ1) is 34.8. The number of fused-ring (bicyclic) bond motifs is 2. The maximum absolute atomic E-state index is 16.9. The van der Waals surface area contributed by atoms with Gasteiger partial charge in [0.2, 0.25) is 11.8 Å². The number of carbonyl (C=O) groups excluding carboxylic acids is 1. The van der Waals surface area contributed by atoms with Gasteiger partial charge in [0.1, 0.15) is 23.1 Å². The Labute approximate surface area is 274 Å². The minimum absolute atomic E-state index is 0.0722. The largest absolute Gasteiger partial charge is 0.472 e. The van der Waals surface area contributed by atoms with Crippen molar-refractivity contribution in [1.82, 2.24) is 19.8 Å². The molecule has 4 N–H and O–H groups in total. The molecular weight excluding hydrogens is 633 g/mol. The number of hydrogen-bond donors (Lipinski definition) is 2. The normalized spacial score (nSPS) is 14.9. The van der Waals surface area contributed by atoms with Crippen LogP contribution in [0.1, 0.15) is 38.7 Å². The van der Waals surface area contributed by atoms with Crippen LogP contribution < -0.4 is 21.3 Å². The molecule has 2 aromatic carbocycles. The minimum atomic E-state index is -5.06. The lowest BCUT2D eigenvalue weighted by molar-refractivity contribution is -0.137. The average molecular weight is 672 g/mol. The number of piperidine rings is 1. The van der Waals surface area contributed by atoms with Crippen LogP contribution in [0.2, 0.25) is 0 Å². The van der Waals surface area contributed by atoms with Crippen LogP contribution in [-0.2, 0) is 11.0 Å². The molecule has 48 heavy (non-hydrogen) atoms. The van der Waals surface area contributed by atoms with Crippen molar-refractivity contribution in [3.63, 3.8) is 0 Å². The number of nitrogens with two attached hydrogens (primary N) is 2. The maximum Gasteiger partial charge on any atom is 0.417 e. The predicted octanol–water partition coefficient (Wildman–Crippen LogP) is 6.30. The molecule has 9 nitrogen and oxygen atoms in total. The minimum Gasteiger partial charge on any atom is -0.472 e. The van der Waals surface area contributed by atoms with Crippen LogP contribution in [0.15, 0.2) is 49.2 Å². The highest BCUT2D eigenvalue weighted by molar-refractivity contribution is 6.04. The van der Waals surface area contributed by atoms with E-state index in [2.05, 4.69) is 16.5 Å². The standard InChI is InChI=1S/C34H38F5N7O2/c1-5-14-44(4)18-19(3)48-33-29(40)32(46(41)20-11-15-45(16-12-20)26(47)6-2)23-17-24(34(37,38)39)27(28(36)31(23)43-33)22-9-10-25(35)21-8-7-13-42-30(21)22/h6-10,13,17,19-20H,2,5,11-12,14-16,18,40-41H2,1,3-4H3. The maximum atomic E-state index is 16.9. The van der Waals surface area contributed by atoms with Crippen LogP contribution in [0.4, 0.5) is 33.3 Å². The van der Waals surface area contributed by atoms with Crippen molar-refractivity contribution in [3.05, 3.63) is 66.4 Å². The highest BCUT2D eigenvalue weighted by Gasteiger charge is 2.39. The number of anilines is 2. The van der Waals surface area contributed by atoms with Gasteiger partial charge in [-0.2, -0.15) is 13.2 Å². The summed E-state index contributed by atoms with van der Waals surface area (Å²) < 4.78 is 82.3. The molecule has 0 aliphatic carbocycles. The van der Waals surface area contributed by atoms with Crippen molar-refractivity contribution in [2.75, 3.05) is 44.0 Å². The number of hydrogen-bond acceptors (Lipinski definition) is 8. The summed E-state index contributed by atoms with van der Waals surface area (Å²) in [6, 6.07) is 5.12. The van der Waals surface area contributed by atoms with Crippen molar-refractivity contribution < 1.29 is 31.5 Å². The lowest BCUT2D eigenvalue weighted by Crippen LogP contribution is -2.49. The van der Waals surface area contributed by atoms with Crippen LogP contribution in [0, 0.1) is 11.6 Å². The average Bonchev–Trinajstić information content (AvgIpc) is 3.05. The third-order valence-corrected chi connectivity index (χ3v) is 8.58. The van der Waals surface area contributed by atoms with Gasteiger partial charge >= 0.3 is 6.18 Å². The summed E-state index contributed by atoms with van der Waals surface area (Å²) in [7, 11) is 1.91. The van der Waals surface area contributed by atoms with Gasteiger partial charge in [-0.05, 0) is 76.2 Å². The number of amides is 1. The number of nitrogens with zero attached hydrogens (tertiary/aromatic N) is 5. The van der Waals surface area contributed by atoms with Gasteiger partial charge in [0, 0.05) is 53.8 Å². The number of carbonyl (C=O) groups is 1. The second kappa shape index (κ2) is 13.9. The highest BCUT2D eigenvalue weighted by Crippen LogP contribution is 2.47. The molecule has 256 valence electrons. The fourth-order valence-corrected chi connectivity index (χ4v) is 6.35. The molecule has 1 atom stereocenters. The molecule has 1 aliphatic heterocycles. The Kier molecular flexibility index (Phi) is 10.1. The Bertz CT molecular complexity index is 1840. The summed E-state index contributed by atoms with van der Waals surface area (Å²) >= 11 is 0. The Morgan fingerprint density at radius 1 is 1.19 bits per heavy atom. The number of pyridine rings is 2. The van der Waals surface area contributed by atoms with E-state index < -0.39 is 46.6 Å². The summed E-state index contributed by atoms with van der Waals surface area (Å²) in [5.41, 5.74) is 3.28. The number of likely N-dealkylation sites (tertiary alicyclic amines) is 1. The Morgan fingerprint density at radius 3 is 2.54 bits per heavy atom. The van der Waals surface area contributed by atoms with E-state index in [0.29, 0.717) is 32.5 Å². The molecule has 0 bridgehead atoms. The summed E-state index contributed by atoms with van der Waals surface area (Å²) in [4.78, 5) is 24.2. The van der Waals surface area contributed by atoms with Gasteiger partial charge in [0.05, 0.1) is 16.8 Å². The number of rotatable bonds is 10.